The Balaban J connectivity index is 1.43. The molecule has 2 aromatic carbocycles. The van der Waals surface area contributed by atoms with Crippen LogP contribution >= 0.6 is 11.3 Å². The van der Waals surface area contributed by atoms with Crippen molar-refractivity contribution in [2.45, 2.75) is 39.0 Å². The normalized spacial score (nSPS) is 13.4. The van der Waals surface area contributed by atoms with Gasteiger partial charge in [0.25, 0.3) is 5.91 Å². The maximum absolute atomic E-state index is 14.0. The lowest BCUT2D eigenvalue weighted by molar-refractivity contribution is 0.0723. The number of hydrogen-bond acceptors (Lipinski definition) is 4. The van der Waals surface area contributed by atoms with Crippen molar-refractivity contribution < 1.29 is 13.9 Å². The van der Waals surface area contributed by atoms with E-state index in [1.807, 2.05) is 36.6 Å². The molecule has 144 valence electrons. The monoisotopic (exact) mass is 396 g/mol. The van der Waals surface area contributed by atoms with Crippen LogP contribution in [0.25, 0.3) is 0 Å². The summed E-state index contributed by atoms with van der Waals surface area (Å²) in [4.78, 5) is 19.2. The highest BCUT2D eigenvalue weighted by Crippen LogP contribution is 2.30. The van der Waals surface area contributed by atoms with Gasteiger partial charge >= 0.3 is 0 Å². The number of thiazole rings is 1. The molecule has 0 atom stereocenters. The SMILES string of the molecule is Cc1ccccc1OCc1nc(CN(C(=O)c2ccccc2F)C2CC2)cs1. The standard InChI is InChI=1S/C22H21FN2O2S/c1-15-6-2-5-9-20(15)27-13-21-24-16(14-28-21)12-25(17-10-11-17)22(26)18-7-3-4-8-19(18)23/h2-9,14,17H,10-13H2,1H3. The van der Waals surface area contributed by atoms with Gasteiger partial charge in [-0.05, 0) is 43.5 Å². The van der Waals surface area contributed by atoms with Crippen molar-refractivity contribution in [2.75, 3.05) is 0 Å². The molecule has 0 N–H and O–H groups in total. The highest BCUT2D eigenvalue weighted by molar-refractivity contribution is 7.09. The molecule has 3 aromatic rings. The molecule has 1 aliphatic carbocycles. The van der Waals surface area contributed by atoms with Gasteiger partial charge in [0, 0.05) is 11.4 Å². The van der Waals surface area contributed by atoms with E-state index in [2.05, 4.69) is 4.98 Å². The zero-order valence-electron chi connectivity index (χ0n) is 15.6. The number of carbonyl (C=O) groups is 1. The summed E-state index contributed by atoms with van der Waals surface area (Å²) in [5, 5.41) is 2.80. The fourth-order valence-corrected chi connectivity index (χ4v) is 3.76. The van der Waals surface area contributed by atoms with Crippen LogP contribution in [0.1, 0.15) is 39.5 Å². The van der Waals surface area contributed by atoms with Gasteiger partial charge in [-0.25, -0.2) is 9.37 Å². The Kier molecular flexibility index (Phi) is 5.39. The number of halogens is 1. The molecule has 0 saturated heterocycles. The average Bonchev–Trinajstić information content (AvgIpc) is 3.44. The highest BCUT2D eigenvalue weighted by Gasteiger charge is 2.34. The summed E-state index contributed by atoms with van der Waals surface area (Å²) in [5.41, 5.74) is 2.01. The molecule has 0 spiro atoms. The fraction of sp³-hybridized carbons (Fsp3) is 0.273. The minimum absolute atomic E-state index is 0.118. The number of nitrogens with zero attached hydrogens (tertiary/aromatic N) is 2. The predicted molar refractivity (Wildman–Crippen MR) is 107 cm³/mol. The van der Waals surface area contributed by atoms with Crippen molar-refractivity contribution in [2.24, 2.45) is 0 Å². The van der Waals surface area contributed by atoms with Crippen molar-refractivity contribution in [1.82, 2.24) is 9.88 Å². The molecule has 1 heterocycles. The second-order valence-electron chi connectivity index (χ2n) is 6.93. The van der Waals surface area contributed by atoms with Crippen LogP contribution in [0.5, 0.6) is 5.75 Å². The third-order valence-corrected chi connectivity index (χ3v) is 5.60. The van der Waals surface area contributed by atoms with Gasteiger partial charge in [0.2, 0.25) is 0 Å². The Morgan fingerprint density at radius 2 is 1.96 bits per heavy atom. The van der Waals surface area contributed by atoms with E-state index in [-0.39, 0.29) is 17.5 Å². The summed E-state index contributed by atoms with van der Waals surface area (Å²) in [6.45, 7) is 2.78. The van der Waals surface area contributed by atoms with E-state index in [1.165, 1.54) is 23.5 Å². The van der Waals surface area contributed by atoms with Gasteiger partial charge in [0.1, 0.15) is 23.2 Å². The Bertz CT molecular complexity index is 984. The fourth-order valence-electron chi connectivity index (χ4n) is 3.06. The van der Waals surface area contributed by atoms with Crippen LogP contribution in [0.15, 0.2) is 53.9 Å². The number of carbonyl (C=O) groups excluding carboxylic acids is 1. The Morgan fingerprint density at radius 3 is 2.71 bits per heavy atom. The number of para-hydroxylation sites is 1. The van der Waals surface area contributed by atoms with E-state index in [9.17, 15) is 9.18 Å². The van der Waals surface area contributed by atoms with Crippen LogP contribution in [0, 0.1) is 12.7 Å². The number of benzene rings is 2. The molecule has 0 bridgehead atoms. The molecule has 1 aliphatic rings. The molecule has 0 radical (unpaired) electrons. The first-order valence-electron chi connectivity index (χ1n) is 9.29. The number of ether oxygens (including phenoxy) is 1. The summed E-state index contributed by atoms with van der Waals surface area (Å²) in [7, 11) is 0. The van der Waals surface area contributed by atoms with Crippen LogP contribution in [0.2, 0.25) is 0 Å². The molecular formula is C22H21FN2O2S. The number of aryl methyl sites for hydroxylation is 1. The van der Waals surface area contributed by atoms with Crippen LogP contribution in [0.4, 0.5) is 4.39 Å². The summed E-state index contributed by atoms with van der Waals surface area (Å²) in [5.74, 6) is 0.0867. The first-order chi connectivity index (χ1) is 13.6. The lowest BCUT2D eigenvalue weighted by Crippen LogP contribution is -2.33. The second kappa shape index (κ2) is 8.10. The zero-order valence-corrected chi connectivity index (χ0v) is 16.4. The van der Waals surface area contributed by atoms with Crippen molar-refractivity contribution in [1.29, 1.82) is 0 Å². The maximum atomic E-state index is 14.0. The smallest absolute Gasteiger partial charge is 0.257 e. The van der Waals surface area contributed by atoms with Crippen LogP contribution in [-0.4, -0.2) is 21.8 Å². The first-order valence-corrected chi connectivity index (χ1v) is 10.2. The largest absolute Gasteiger partial charge is 0.486 e. The zero-order chi connectivity index (χ0) is 19.5. The van der Waals surface area contributed by atoms with E-state index in [0.717, 1.165) is 34.9 Å². The molecule has 4 nitrogen and oxygen atoms in total. The van der Waals surface area contributed by atoms with Gasteiger partial charge < -0.3 is 9.64 Å². The molecular weight excluding hydrogens is 375 g/mol. The summed E-state index contributed by atoms with van der Waals surface area (Å²) in [6.07, 6.45) is 1.90. The predicted octanol–water partition coefficient (Wildman–Crippen LogP) is 4.97. The van der Waals surface area contributed by atoms with E-state index >= 15 is 0 Å². The molecule has 4 rings (SSSR count). The molecule has 1 aromatic heterocycles. The Morgan fingerprint density at radius 1 is 1.21 bits per heavy atom. The van der Waals surface area contributed by atoms with Gasteiger partial charge in [-0.2, -0.15) is 0 Å². The summed E-state index contributed by atoms with van der Waals surface area (Å²) in [6, 6.07) is 14.2. The number of aromatic nitrogens is 1. The molecule has 1 amide bonds. The van der Waals surface area contributed by atoms with Crippen molar-refractivity contribution >= 4 is 17.2 Å². The molecule has 0 aliphatic heterocycles. The molecule has 6 heteroatoms. The van der Waals surface area contributed by atoms with Gasteiger partial charge in [0.15, 0.2) is 0 Å². The van der Waals surface area contributed by atoms with Crippen LogP contribution in [0.3, 0.4) is 0 Å². The van der Waals surface area contributed by atoms with Gasteiger partial charge in [-0.15, -0.1) is 11.3 Å². The molecule has 1 fully saturated rings. The molecule has 28 heavy (non-hydrogen) atoms. The minimum atomic E-state index is -0.483. The van der Waals surface area contributed by atoms with Gasteiger partial charge in [-0.3, -0.25) is 4.79 Å². The minimum Gasteiger partial charge on any atom is -0.486 e. The lowest BCUT2D eigenvalue weighted by atomic mass is 10.2. The van der Waals surface area contributed by atoms with E-state index < -0.39 is 5.82 Å². The maximum Gasteiger partial charge on any atom is 0.257 e. The topological polar surface area (TPSA) is 42.4 Å². The van der Waals surface area contributed by atoms with E-state index in [0.29, 0.717) is 13.2 Å². The number of hydrogen-bond donors (Lipinski definition) is 0. The number of rotatable bonds is 7. The summed E-state index contributed by atoms with van der Waals surface area (Å²) >= 11 is 1.51. The van der Waals surface area contributed by atoms with Crippen molar-refractivity contribution in [3.05, 3.63) is 81.6 Å². The molecule has 0 unspecified atom stereocenters. The van der Waals surface area contributed by atoms with E-state index in [1.54, 1.807) is 17.0 Å². The van der Waals surface area contributed by atoms with Gasteiger partial charge in [0.05, 0.1) is 17.8 Å². The molecule has 1 saturated carbocycles. The quantitative estimate of drug-likeness (QED) is 0.566. The van der Waals surface area contributed by atoms with Crippen molar-refractivity contribution in [3.63, 3.8) is 0 Å². The van der Waals surface area contributed by atoms with Crippen LogP contribution in [-0.2, 0) is 13.2 Å². The Labute approximate surface area is 167 Å². The third-order valence-electron chi connectivity index (χ3n) is 4.73. The number of amides is 1. The highest BCUT2D eigenvalue weighted by atomic mass is 32.1. The van der Waals surface area contributed by atoms with Crippen molar-refractivity contribution in [3.8, 4) is 5.75 Å². The average molecular weight is 396 g/mol. The summed E-state index contributed by atoms with van der Waals surface area (Å²) < 4.78 is 19.9. The Hall–Kier alpha value is -2.73. The first kappa shape index (κ1) is 18.6. The third kappa shape index (κ3) is 4.22. The lowest BCUT2D eigenvalue weighted by Gasteiger charge is -2.21. The van der Waals surface area contributed by atoms with Crippen LogP contribution < -0.4 is 4.74 Å². The van der Waals surface area contributed by atoms with Gasteiger partial charge in [-0.1, -0.05) is 30.3 Å². The second-order valence-corrected chi connectivity index (χ2v) is 7.87. The van der Waals surface area contributed by atoms with E-state index in [4.69, 9.17) is 4.74 Å².